The summed E-state index contributed by atoms with van der Waals surface area (Å²) in [5, 5.41) is 13.7. The number of aryl methyl sites for hydroxylation is 2. The molecule has 6 heteroatoms. The molecule has 1 amide bonds. The molecule has 1 aliphatic heterocycles. The van der Waals surface area contributed by atoms with Crippen LogP contribution < -0.4 is 0 Å². The van der Waals surface area contributed by atoms with Crippen molar-refractivity contribution in [1.29, 1.82) is 0 Å². The highest BCUT2D eigenvalue weighted by Gasteiger charge is 2.46. The second kappa shape index (κ2) is 6.57. The van der Waals surface area contributed by atoms with Crippen LogP contribution in [-0.4, -0.2) is 40.1 Å². The number of hydrogen-bond donors (Lipinski definition) is 1. The molecule has 2 fully saturated rings. The number of rotatable bonds is 6. The maximum Gasteiger partial charge on any atom is 0.311 e. The van der Waals surface area contributed by atoms with E-state index >= 15 is 0 Å². The molecule has 132 valence electrons. The highest BCUT2D eigenvalue weighted by atomic mass is 16.5. The summed E-state index contributed by atoms with van der Waals surface area (Å²) < 4.78 is 5.14. The van der Waals surface area contributed by atoms with Crippen LogP contribution in [0.1, 0.15) is 55.5 Å². The minimum Gasteiger partial charge on any atom is -0.481 e. The van der Waals surface area contributed by atoms with Crippen LogP contribution in [0.4, 0.5) is 0 Å². The minimum absolute atomic E-state index is 0.0381. The molecular weight excluding hydrogens is 308 g/mol. The molecule has 1 aliphatic carbocycles. The normalized spacial score (nSPS) is 24.2. The van der Waals surface area contributed by atoms with Gasteiger partial charge in [0.2, 0.25) is 5.91 Å². The van der Waals surface area contributed by atoms with Crippen molar-refractivity contribution in [2.24, 2.45) is 11.3 Å². The van der Waals surface area contributed by atoms with Crippen LogP contribution in [0.15, 0.2) is 4.52 Å². The lowest BCUT2D eigenvalue weighted by molar-refractivity contribution is -0.156. The molecule has 1 saturated heterocycles. The Kier molecular flexibility index (Phi) is 4.65. The van der Waals surface area contributed by atoms with Crippen molar-refractivity contribution in [2.45, 2.75) is 58.8 Å². The van der Waals surface area contributed by atoms with E-state index in [1.54, 1.807) is 4.90 Å². The summed E-state index contributed by atoms with van der Waals surface area (Å²) in [5.74, 6) is 0.597. The van der Waals surface area contributed by atoms with Gasteiger partial charge in [0.1, 0.15) is 5.76 Å². The largest absolute Gasteiger partial charge is 0.481 e. The highest BCUT2D eigenvalue weighted by molar-refractivity contribution is 5.80. The summed E-state index contributed by atoms with van der Waals surface area (Å²) in [5.41, 5.74) is 1.08. The Morgan fingerprint density at radius 3 is 2.71 bits per heavy atom. The van der Waals surface area contributed by atoms with E-state index in [0.717, 1.165) is 42.7 Å². The molecule has 2 heterocycles. The number of amides is 1. The molecular formula is C18H26N2O4. The molecule has 0 unspecified atom stereocenters. The summed E-state index contributed by atoms with van der Waals surface area (Å²) >= 11 is 0. The van der Waals surface area contributed by atoms with Gasteiger partial charge in [0.25, 0.3) is 0 Å². The Bertz CT molecular complexity index is 615. The van der Waals surface area contributed by atoms with Gasteiger partial charge in [-0.25, -0.2) is 0 Å². The third kappa shape index (κ3) is 3.47. The predicted molar refractivity (Wildman–Crippen MR) is 87.5 cm³/mol. The smallest absolute Gasteiger partial charge is 0.311 e. The Morgan fingerprint density at radius 2 is 2.12 bits per heavy atom. The number of piperidine rings is 1. The summed E-state index contributed by atoms with van der Waals surface area (Å²) in [7, 11) is 0. The second-order valence-electron chi connectivity index (χ2n) is 7.45. The Hall–Kier alpha value is -1.85. The lowest BCUT2D eigenvalue weighted by Crippen LogP contribution is -2.50. The Labute approximate surface area is 142 Å². The zero-order valence-corrected chi connectivity index (χ0v) is 14.5. The molecule has 1 N–H and O–H groups in total. The number of carbonyl (C=O) groups is 2. The summed E-state index contributed by atoms with van der Waals surface area (Å²) in [6.45, 7) is 4.76. The van der Waals surface area contributed by atoms with E-state index in [4.69, 9.17) is 4.52 Å². The van der Waals surface area contributed by atoms with Crippen molar-refractivity contribution in [3.63, 3.8) is 0 Å². The first-order valence-electron chi connectivity index (χ1n) is 8.84. The number of nitrogens with zero attached hydrogens (tertiary/aromatic N) is 2. The van der Waals surface area contributed by atoms with Crippen LogP contribution in [0.3, 0.4) is 0 Å². The van der Waals surface area contributed by atoms with Crippen LogP contribution >= 0.6 is 0 Å². The van der Waals surface area contributed by atoms with Gasteiger partial charge < -0.3 is 14.5 Å². The fraction of sp³-hybridized carbons (Fsp3) is 0.722. The van der Waals surface area contributed by atoms with Gasteiger partial charge in [-0.15, -0.1) is 0 Å². The van der Waals surface area contributed by atoms with Gasteiger partial charge in [0, 0.05) is 25.1 Å². The molecule has 2 aliphatic rings. The van der Waals surface area contributed by atoms with Crippen LogP contribution in [0.2, 0.25) is 0 Å². The van der Waals surface area contributed by atoms with Crippen molar-refractivity contribution in [3.05, 3.63) is 17.0 Å². The van der Waals surface area contributed by atoms with Crippen molar-refractivity contribution < 1.29 is 19.2 Å². The molecule has 1 aromatic rings. The average molecular weight is 334 g/mol. The summed E-state index contributed by atoms with van der Waals surface area (Å²) in [4.78, 5) is 26.3. The lowest BCUT2D eigenvalue weighted by Gasteiger charge is -2.40. The van der Waals surface area contributed by atoms with E-state index in [9.17, 15) is 14.7 Å². The van der Waals surface area contributed by atoms with Crippen molar-refractivity contribution in [3.8, 4) is 0 Å². The molecule has 0 bridgehead atoms. The molecule has 0 aromatic carbocycles. The maximum absolute atomic E-state index is 12.6. The minimum atomic E-state index is -0.738. The third-order valence-corrected chi connectivity index (χ3v) is 5.53. The molecule has 0 radical (unpaired) electrons. The number of hydrogen-bond acceptors (Lipinski definition) is 4. The summed E-state index contributed by atoms with van der Waals surface area (Å²) in [6, 6.07) is 0. The number of carboxylic acid groups (broad SMARTS) is 1. The van der Waals surface area contributed by atoms with Gasteiger partial charge in [-0.1, -0.05) is 18.0 Å². The molecule has 0 spiro atoms. The van der Waals surface area contributed by atoms with Crippen LogP contribution in [-0.2, 0) is 16.0 Å². The van der Waals surface area contributed by atoms with Gasteiger partial charge in [-0.2, -0.15) is 0 Å². The van der Waals surface area contributed by atoms with Crippen LogP contribution in [0, 0.1) is 25.2 Å². The van der Waals surface area contributed by atoms with Gasteiger partial charge in [-0.3, -0.25) is 9.59 Å². The third-order valence-electron chi connectivity index (χ3n) is 5.53. The zero-order valence-electron chi connectivity index (χ0n) is 14.5. The van der Waals surface area contributed by atoms with Gasteiger partial charge in [0.05, 0.1) is 11.1 Å². The second-order valence-corrected chi connectivity index (χ2v) is 7.45. The quantitative estimate of drug-likeness (QED) is 0.865. The number of aliphatic carboxylic acids is 1. The first kappa shape index (κ1) is 17.0. The first-order chi connectivity index (χ1) is 11.4. The van der Waals surface area contributed by atoms with E-state index in [1.807, 2.05) is 13.8 Å². The molecule has 24 heavy (non-hydrogen) atoms. The van der Waals surface area contributed by atoms with Crippen LogP contribution in [0.25, 0.3) is 0 Å². The number of carbonyl (C=O) groups excluding carboxylic acids is 1. The number of carboxylic acids is 1. The Morgan fingerprint density at radius 1 is 1.38 bits per heavy atom. The summed E-state index contributed by atoms with van der Waals surface area (Å²) in [6.07, 6.45) is 5.42. The van der Waals surface area contributed by atoms with Crippen molar-refractivity contribution in [1.82, 2.24) is 10.1 Å². The van der Waals surface area contributed by atoms with E-state index in [-0.39, 0.29) is 5.91 Å². The molecule has 3 rings (SSSR count). The van der Waals surface area contributed by atoms with E-state index in [1.165, 1.54) is 0 Å². The molecule has 1 saturated carbocycles. The van der Waals surface area contributed by atoms with Crippen molar-refractivity contribution in [2.75, 3.05) is 13.1 Å². The zero-order chi connectivity index (χ0) is 17.3. The van der Waals surface area contributed by atoms with Gasteiger partial charge in [0.15, 0.2) is 0 Å². The van der Waals surface area contributed by atoms with Gasteiger partial charge in [-0.05, 0) is 45.4 Å². The predicted octanol–water partition coefficient (Wildman–Crippen LogP) is 2.72. The monoisotopic (exact) mass is 334 g/mol. The fourth-order valence-electron chi connectivity index (χ4n) is 3.90. The number of aromatic nitrogens is 1. The lowest BCUT2D eigenvalue weighted by atomic mass is 9.75. The van der Waals surface area contributed by atoms with Gasteiger partial charge >= 0.3 is 5.97 Å². The average Bonchev–Trinajstić information content (AvgIpc) is 3.30. The van der Waals surface area contributed by atoms with Crippen molar-refractivity contribution >= 4 is 11.9 Å². The SMILES string of the molecule is Cc1noc(C)c1CCC(=O)N1CCC[C@@](CC2CC2)(C(=O)O)C1. The topological polar surface area (TPSA) is 83.6 Å². The Balaban J connectivity index is 1.63. The fourth-order valence-corrected chi connectivity index (χ4v) is 3.90. The number of likely N-dealkylation sites (tertiary alicyclic amines) is 1. The van der Waals surface area contributed by atoms with E-state index < -0.39 is 11.4 Å². The van der Waals surface area contributed by atoms with Crippen LogP contribution in [0.5, 0.6) is 0 Å². The van der Waals surface area contributed by atoms with E-state index in [0.29, 0.717) is 38.3 Å². The molecule has 1 aromatic heterocycles. The molecule has 1 atom stereocenters. The first-order valence-corrected chi connectivity index (χ1v) is 8.84. The molecule has 6 nitrogen and oxygen atoms in total. The maximum atomic E-state index is 12.6. The van der Waals surface area contributed by atoms with E-state index in [2.05, 4.69) is 5.16 Å². The standard InChI is InChI=1S/C18H26N2O4/c1-12-15(13(2)24-19-12)6-7-16(21)20-9-3-8-18(11-20,17(22)23)10-14-4-5-14/h14H,3-11H2,1-2H3,(H,22,23)/t18-/m0/s1. The highest BCUT2D eigenvalue weighted by Crippen LogP contribution is 2.45.